The summed E-state index contributed by atoms with van der Waals surface area (Å²) in [6.45, 7) is 4.40. The van der Waals surface area contributed by atoms with Crippen molar-refractivity contribution in [2.24, 2.45) is 11.3 Å². The van der Waals surface area contributed by atoms with Crippen LogP contribution in [0.2, 0.25) is 0 Å². The molecular weight excluding hydrogens is 343 g/mol. The molecule has 2 heterocycles. The van der Waals surface area contributed by atoms with Crippen molar-refractivity contribution in [3.8, 4) is 0 Å². The second kappa shape index (κ2) is 6.64. The summed E-state index contributed by atoms with van der Waals surface area (Å²) in [6, 6.07) is 3.66. The third kappa shape index (κ3) is 3.29. The van der Waals surface area contributed by atoms with Crippen molar-refractivity contribution in [3.05, 3.63) is 34.9 Å². The minimum atomic E-state index is -4.40. The lowest BCUT2D eigenvalue weighted by molar-refractivity contribution is -0.137. The summed E-state index contributed by atoms with van der Waals surface area (Å²) in [4.78, 5) is 15.4. The molecule has 3 nitrogen and oxygen atoms in total. The summed E-state index contributed by atoms with van der Waals surface area (Å²) in [5.41, 5.74) is -0.143. The van der Waals surface area contributed by atoms with Gasteiger partial charge in [0.15, 0.2) is 5.78 Å². The van der Waals surface area contributed by atoms with Crippen molar-refractivity contribution >= 4 is 5.78 Å². The average molecular weight is 367 g/mol. The molecular formula is C20H24F3NO2. The highest BCUT2D eigenvalue weighted by atomic mass is 19.4. The molecule has 0 amide bonds. The first-order valence-electron chi connectivity index (χ1n) is 9.42. The quantitative estimate of drug-likeness (QED) is 0.793. The van der Waals surface area contributed by atoms with E-state index in [0.717, 1.165) is 76.2 Å². The normalized spacial score (nSPS) is 24.2. The van der Waals surface area contributed by atoms with Gasteiger partial charge in [0.2, 0.25) is 0 Å². The summed E-state index contributed by atoms with van der Waals surface area (Å²) >= 11 is 0. The Morgan fingerprint density at radius 3 is 2.50 bits per heavy atom. The lowest BCUT2D eigenvalue weighted by Crippen LogP contribution is -2.45. The van der Waals surface area contributed by atoms with Crippen molar-refractivity contribution < 1.29 is 22.7 Å². The lowest BCUT2D eigenvalue weighted by Gasteiger charge is -2.40. The smallest absolute Gasteiger partial charge is 0.381 e. The third-order valence-electron chi connectivity index (χ3n) is 6.36. The van der Waals surface area contributed by atoms with Crippen LogP contribution in [0.25, 0.3) is 0 Å². The zero-order chi connectivity index (χ0) is 18.4. The van der Waals surface area contributed by atoms with Crippen LogP contribution in [0.1, 0.15) is 47.2 Å². The number of carbonyl (C=O) groups excluding carboxylic acids is 1. The van der Waals surface area contributed by atoms with Crippen LogP contribution in [-0.4, -0.2) is 43.5 Å². The highest BCUT2D eigenvalue weighted by Crippen LogP contribution is 2.46. The van der Waals surface area contributed by atoms with Gasteiger partial charge in [-0.2, -0.15) is 13.2 Å². The molecule has 1 spiro atoms. The number of Topliss-reactive ketones (excluding diaryl/α,β-unsaturated/α-hetero) is 1. The Bertz CT molecular complexity index is 687. The molecule has 0 bridgehead atoms. The number of likely N-dealkylation sites (tertiary alicyclic amines) is 1. The number of nitrogens with zero attached hydrogens (tertiary/aromatic N) is 1. The molecule has 0 unspecified atom stereocenters. The number of piperidine rings is 1. The van der Waals surface area contributed by atoms with E-state index in [1.807, 2.05) is 0 Å². The molecule has 1 aliphatic carbocycles. The van der Waals surface area contributed by atoms with E-state index < -0.39 is 17.2 Å². The van der Waals surface area contributed by atoms with Crippen LogP contribution in [0.3, 0.4) is 0 Å². The van der Waals surface area contributed by atoms with Gasteiger partial charge >= 0.3 is 6.18 Å². The zero-order valence-electron chi connectivity index (χ0n) is 14.8. The number of carbonyl (C=O) groups is 1. The van der Waals surface area contributed by atoms with E-state index in [9.17, 15) is 18.0 Å². The minimum absolute atomic E-state index is 0.0793. The highest BCUT2D eigenvalue weighted by Gasteiger charge is 2.47. The van der Waals surface area contributed by atoms with E-state index in [0.29, 0.717) is 12.3 Å². The Hall–Kier alpha value is -1.40. The molecule has 2 fully saturated rings. The molecule has 2 aliphatic heterocycles. The molecule has 3 aliphatic rings. The van der Waals surface area contributed by atoms with Gasteiger partial charge in [-0.15, -0.1) is 0 Å². The standard InChI is InChI=1S/C20H24F3NO2/c21-20(22,23)16-2-1-15-12-19(18(25)17(15)11-16)5-7-24(8-6-19)13-14-3-9-26-10-4-14/h1-2,11,14H,3-10,12-13H2. The second-order valence-electron chi connectivity index (χ2n) is 8.01. The number of benzene rings is 1. The van der Waals surface area contributed by atoms with Crippen LogP contribution in [0.4, 0.5) is 13.2 Å². The number of hydrogen-bond donors (Lipinski definition) is 0. The fourth-order valence-electron chi connectivity index (χ4n) is 4.71. The Morgan fingerprint density at radius 1 is 1.15 bits per heavy atom. The first-order chi connectivity index (χ1) is 12.4. The van der Waals surface area contributed by atoms with Crippen LogP contribution < -0.4 is 0 Å². The number of halogens is 3. The maximum Gasteiger partial charge on any atom is 0.416 e. The van der Waals surface area contributed by atoms with Crippen LogP contribution in [0.5, 0.6) is 0 Å². The number of rotatable bonds is 2. The molecule has 1 aromatic rings. The predicted octanol–water partition coefficient (Wildman–Crippen LogP) is 3.95. The fourth-order valence-corrected chi connectivity index (χ4v) is 4.71. The molecule has 26 heavy (non-hydrogen) atoms. The van der Waals surface area contributed by atoms with Crippen molar-refractivity contribution in [2.75, 3.05) is 32.8 Å². The Balaban J connectivity index is 1.43. The number of fused-ring (bicyclic) bond motifs is 1. The monoisotopic (exact) mass is 367 g/mol. The Labute approximate surface area is 151 Å². The molecule has 0 aromatic heterocycles. The van der Waals surface area contributed by atoms with Crippen LogP contribution in [-0.2, 0) is 17.3 Å². The lowest BCUT2D eigenvalue weighted by atomic mass is 9.75. The van der Waals surface area contributed by atoms with Crippen molar-refractivity contribution in [1.29, 1.82) is 0 Å². The van der Waals surface area contributed by atoms with E-state index in [1.54, 1.807) is 0 Å². The fraction of sp³-hybridized carbons (Fsp3) is 0.650. The highest BCUT2D eigenvalue weighted by molar-refractivity contribution is 6.05. The van der Waals surface area contributed by atoms with E-state index >= 15 is 0 Å². The number of ketones is 1. The van der Waals surface area contributed by atoms with Crippen molar-refractivity contribution in [2.45, 2.75) is 38.3 Å². The van der Waals surface area contributed by atoms with Crippen molar-refractivity contribution in [1.82, 2.24) is 4.90 Å². The van der Waals surface area contributed by atoms with E-state index in [-0.39, 0.29) is 11.3 Å². The molecule has 1 aromatic carbocycles. The molecule has 2 saturated heterocycles. The van der Waals surface area contributed by atoms with E-state index in [1.165, 1.54) is 6.07 Å². The molecule has 142 valence electrons. The van der Waals surface area contributed by atoms with Gasteiger partial charge in [0.25, 0.3) is 0 Å². The molecule has 0 N–H and O–H groups in total. The maximum absolute atomic E-state index is 13.0. The number of ether oxygens (including phenoxy) is 1. The molecule has 4 rings (SSSR count). The Kier molecular flexibility index (Phi) is 4.59. The first-order valence-corrected chi connectivity index (χ1v) is 9.42. The largest absolute Gasteiger partial charge is 0.416 e. The summed E-state index contributed by atoms with van der Waals surface area (Å²) < 4.78 is 44.3. The summed E-state index contributed by atoms with van der Waals surface area (Å²) in [5.74, 6) is 0.577. The number of alkyl halides is 3. The van der Waals surface area contributed by atoms with Crippen LogP contribution in [0.15, 0.2) is 18.2 Å². The topological polar surface area (TPSA) is 29.5 Å². The Morgan fingerprint density at radius 2 is 1.85 bits per heavy atom. The molecule has 0 atom stereocenters. The van der Waals surface area contributed by atoms with Gasteiger partial charge in [-0.3, -0.25) is 4.79 Å². The van der Waals surface area contributed by atoms with Crippen LogP contribution in [0, 0.1) is 11.3 Å². The van der Waals surface area contributed by atoms with Gasteiger partial charge in [-0.05, 0) is 68.8 Å². The predicted molar refractivity (Wildman–Crippen MR) is 91.1 cm³/mol. The van der Waals surface area contributed by atoms with Crippen LogP contribution >= 0.6 is 0 Å². The zero-order valence-corrected chi connectivity index (χ0v) is 14.8. The number of hydrogen-bond acceptors (Lipinski definition) is 3. The van der Waals surface area contributed by atoms with E-state index in [4.69, 9.17) is 4.74 Å². The average Bonchev–Trinajstić information content (AvgIpc) is 2.89. The summed E-state index contributed by atoms with van der Waals surface area (Å²) in [6.07, 6.45) is -0.156. The van der Waals surface area contributed by atoms with Gasteiger partial charge in [0.05, 0.1) is 5.56 Å². The van der Waals surface area contributed by atoms with Gasteiger partial charge in [0.1, 0.15) is 0 Å². The summed E-state index contributed by atoms with van der Waals surface area (Å²) in [7, 11) is 0. The van der Waals surface area contributed by atoms with Gasteiger partial charge < -0.3 is 9.64 Å². The molecule has 6 heteroatoms. The van der Waals surface area contributed by atoms with Gasteiger partial charge in [0, 0.05) is 30.7 Å². The SMILES string of the molecule is O=C1c2cc(C(F)(F)F)ccc2CC12CCN(CC1CCOCC1)CC2. The second-order valence-corrected chi connectivity index (χ2v) is 8.01. The maximum atomic E-state index is 13.0. The molecule has 0 radical (unpaired) electrons. The third-order valence-corrected chi connectivity index (χ3v) is 6.36. The minimum Gasteiger partial charge on any atom is -0.381 e. The summed E-state index contributed by atoms with van der Waals surface area (Å²) in [5, 5.41) is 0. The van der Waals surface area contributed by atoms with Gasteiger partial charge in [-0.25, -0.2) is 0 Å². The molecule has 0 saturated carbocycles. The van der Waals surface area contributed by atoms with Crippen molar-refractivity contribution in [3.63, 3.8) is 0 Å². The first kappa shape index (κ1) is 18.0. The van der Waals surface area contributed by atoms with Gasteiger partial charge in [-0.1, -0.05) is 6.07 Å². The van der Waals surface area contributed by atoms with E-state index in [2.05, 4.69) is 4.90 Å².